The quantitative estimate of drug-likeness (QED) is 0.892. The van der Waals surface area contributed by atoms with Crippen molar-refractivity contribution in [1.82, 2.24) is 14.9 Å². The van der Waals surface area contributed by atoms with Crippen molar-refractivity contribution in [1.29, 1.82) is 0 Å². The number of rotatable bonds is 4. The normalized spacial score (nSPS) is 12.9. The van der Waals surface area contributed by atoms with Crippen LogP contribution in [-0.4, -0.2) is 34.6 Å². The van der Waals surface area contributed by atoms with Crippen molar-refractivity contribution in [3.8, 4) is 0 Å². The number of carbonyl (C=O) groups is 2. The van der Waals surface area contributed by atoms with Crippen molar-refractivity contribution >= 4 is 11.9 Å². The molecule has 0 aliphatic heterocycles. The van der Waals surface area contributed by atoms with Crippen molar-refractivity contribution < 1.29 is 14.3 Å². The molecule has 1 atom stereocenters. The lowest BCUT2D eigenvalue weighted by Gasteiger charge is -2.24. The van der Waals surface area contributed by atoms with Gasteiger partial charge in [0.05, 0.1) is 25.2 Å². The van der Waals surface area contributed by atoms with E-state index in [-0.39, 0.29) is 5.78 Å². The first-order valence-corrected chi connectivity index (χ1v) is 6.09. The van der Waals surface area contributed by atoms with Crippen LogP contribution in [0.3, 0.4) is 0 Å². The highest BCUT2D eigenvalue weighted by molar-refractivity contribution is 5.91. The number of carbonyl (C=O) groups excluding carboxylic acids is 2. The summed E-state index contributed by atoms with van der Waals surface area (Å²) in [5.41, 5.74) is 0.210. The zero-order chi connectivity index (χ0) is 14.6. The molecule has 1 heterocycles. The number of hydrogen-bond donors (Lipinski definition) is 1. The zero-order valence-corrected chi connectivity index (χ0v) is 12.1. The smallest absolute Gasteiger partial charge is 0.407 e. The average Bonchev–Trinajstić information content (AvgIpc) is 2.71. The van der Waals surface area contributed by atoms with Crippen LogP contribution in [0.1, 0.15) is 26.5 Å². The Hall–Kier alpha value is -1.85. The molecule has 0 saturated heterocycles. The monoisotopic (exact) mass is 267 g/mol. The number of aryl methyl sites for hydroxylation is 1. The number of aromatic nitrogens is 2. The van der Waals surface area contributed by atoms with Gasteiger partial charge in [0, 0.05) is 25.1 Å². The first-order chi connectivity index (χ1) is 8.74. The Bertz CT molecular complexity index is 460. The Kier molecular flexibility index (Phi) is 4.69. The van der Waals surface area contributed by atoms with E-state index in [1.54, 1.807) is 10.9 Å². The Balaban J connectivity index is 2.86. The first kappa shape index (κ1) is 15.2. The van der Waals surface area contributed by atoms with Gasteiger partial charge in [0.1, 0.15) is 0 Å². The van der Waals surface area contributed by atoms with Gasteiger partial charge in [-0.1, -0.05) is 20.8 Å². The Morgan fingerprint density at radius 1 is 1.47 bits per heavy atom. The number of ketones is 1. The third-order valence-corrected chi connectivity index (χ3v) is 2.70. The second-order valence-corrected chi connectivity index (χ2v) is 5.54. The molecule has 6 nitrogen and oxygen atoms in total. The van der Waals surface area contributed by atoms with E-state index in [0.717, 1.165) is 5.69 Å². The third-order valence-electron chi connectivity index (χ3n) is 2.70. The van der Waals surface area contributed by atoms with Gasteiger partial charge in [0.15, 0.2) is 5.78 Å². The third kappa shape index (κ3) is 4.39. The summed E-state index contributed by atoms with van der Waals surface area (Å²) in [6.07, 6.45) is 3.22. The van der Waals surface area contributed by atoms with Gasteiger partial charge in [-0.15, -0.1) is 0 Å². The molecule has 0 aromatic carbocycles. The van der Waals surface area contributed by atoms with Crippen LogP contribution in [0.5, 0.6) is 0 Å². The molecule has 106 valence electrons. The lowest BCUT2D eigenvalue weighted by molar-refractivity contribution is -0.128. The van der Waals surface area contributed by atoms with E-state index in [1.165, 1.54) is 7.11 Å². The van der Waals surface area contributed by atoms with Crippen LogP contribution in [0.2, 0.25) is 0 Å². The first-order valence-electron chi connectivity index (χ1n) is 6.09. The molecule has 0 aliphatic rings. The van der Waals surface area contributed by atoms with E-state index >= 15 is 0 Å². The van der Waals surface area contributed by atoms with Crippen LogP contribution < -0.4 is 5.32 Å². The van der Waals surface area contributed by atoms with Gasteiger partial charge >= 0.3 is 6.09 Å². The van der Waals surface area contributed by atoms with Crippen LogP contribution in [0, 0.1) is 5.41 Å². The molecule has 1 aromatic rings. The van der Waals surface area contributed by atoms with Crippen LogP contribution in [0.25, 0.3) is 0 Å². The number of nitrogens with zero attached hydrogens (tertiary/aromatic N) is 2. The fourth-order valence-corrected chi connectivity index (χ4v) is 1.71. The van der Waals surface area contributed by atoms with Crippen molar-refractivity contribution in [2.45, 2.75) is 33.2 Å². The maximum Gasteiger partial charge on any atom is 0.407 e. The molecule has 0 fully saturated rings. The molecular weight excluding hydrogens is 246 g/mol. The second-order valence-electron chi connectivity index (χ2n) is 5.54. The van der Waals surface area contributed by atoms with E-state index in [9.17, 15) is 9.59 Å². The predicted molar refractivity (Wildman–Crippen MR) is 70.7 cm³/mol. The van der Waals surface area contributed by atoms with Crippen LogP contribution >= 0.6 is 0 Å². The summed E-state index contributed by atoms with van der Waals surface area (Å²) in [5.74, 6) is -0.0523. The lowest BCUT2D eigenvalue weighted by atomic mass is 9.85. The van der Waals surface area contributed by atoms with Crippen LogP contribution in [0.15, 0.2) is 12.5 Å². The van der Waals surface area contributed by atoms with Gasteiger partial charge in [-0.3, -0.25) is 4.79 Å². The maximum atomic E-state index is 12.3. The van der Waals surface area contributed by atoms with Gasteiger partial charge < -0.3 is 14.6 Å². The summed E-state index contributed by atoms with van der Waals surface area (Å²) in [7, 11) is 3.12. The summed E-state index contributed by atoms with van der Waals surface area (Å²) in [4.78, 5) is 27.8. The fourth-order valence-electron chi connectivity index (χ4n) is 1.71. The molecule has 0 aliphatic carbocycles. The Labute approximate surface area is 113 Å². The maximum absolute atomic E-state index is 12.3. The Morgan fingerprint density at radius 3 is 2.53 bits per heavy atom. The van der Waals surface area contributed by atoms with Crippen molar-refractivity contribution in [3.05, 3.63) is 18.2 Å². The summed E-state index contributed by atoms with van der Waals surface area (Å²) < 4.78 is 6.36. The van der Waals surface area contributed by atoms with E-state index in [2.05, 4.69) is 15.0 Å². The van der Waals surface area contributed by atoms with E-state index in [1.807, 2.05) is 34.0 Å². The number of nitrogens with one attached hydrogen (secondary N) is 1. The molecule has 1 amide bonds. The van der Waals surface area contributed by atoms with Gasteiger partial charge in [-0.25, -0.2) is 9.78 Å². The summed E-state index contributed by atoms with van der Waals surface area (Å²) in [5, 5.41) is 2.57. The summed E-state index contributed by atoms with van der Waals surface area (Å²) in [6, 6.07) is -0.637. The number of alkyl carbamates (subject to hydrolysis) is 1. The predicted octanol–water partition coefficient (Wildman–Crippen LogP) is 1.30. The number of amides is 1. The molecule has 1 rings (SSSR count). The van der Waals surface area contributed by atoms with Crippen LogP contribution in [-0.2, 0) is 23.0 Å². The zero-order valence-electron chi connectivity index (χ0n) is 12.1. The molecule has 0 radical (unpaired) electrons. The number of Topliss-reactive ketones (excluding diaryl/α,β-unsaturated/α-hetero) is 1. The molecule has 0 spiro atoms. The van der Waals surface area contributed by atoms with E-state index in [0.29, 0.717) is 6.42 Å². The van der Waals surface area contributed by atoms with E-state index in [4.69, 9.17) is 0 Å². The molecule has 19 heavy (non-hydrogen) atoms. The fraction of sp³-hybridized carbons (Fsp3) is 0.615. The van der Waals surface area contributed by atoms with E-state index < -0.39 is 17.6 Å². The molecule has 1 aromatic heterocycles. The number of hydrogen-bond acceptors (Lipinski definition) is 4. The molecule has 6 heteroatoms. The highest BCUT2D eigenvalue weighted by Gasteiger charge is 2.31. The van der Waals surface area contributed by atoms with Crippen LogP contribution in [0.4, 0.5) is 4.79 Å². The topological polar surface area (TPSA) is 73.2 Å². The number of ether oxygens (including phenoxy) is 1. The highest BCUT2D eigenvalue weighted by atomic mass is 16.5. The van der Waals surface area contributed by atoms with Gasteiger partial charge in [0.2, 0.25) is 0 Å². The Morgan fingerprint density at radius 2 is 2.11 bits per heavy atom. The molecule has 0 unspecified atom stereocenters. The van der Waals surface area contributed by atoms with Crippen molar-refractivity contribution in [2.75, 3.05) is 7.11 Å². The van der Waals surface area contributed by atoms with Crippen molar-refractivity contribution in [3.63, 3.8) is 0 Å². The lowest BCUT2D eigenvalue weighted by Crippen LogP contribution is -2.47. The SMILES string of the molecule is COC(=O)N[C@@H](Cc1cn(C)cn1)C(=O)C(C)(C)C. The molecule has 0 bridgehead atoms. The molecule has 0 saturated carbocycles. The standard InChI is InChI=1S/C13H21N3O3/c1-13(2,3)11(17)10(15-12(18)19-5)6-9-7-16(4)8-14-9/h7-8,10H,6H2,1-5H3,(H,15,18)/t10-/m0/s1. The minimum absolute atomic E-state index is 0.0523. The summed E-state index contributed by atoms with van der Waals surface area (Å²) in [6.45, 7) is 5.46. The molecular formula is C13H21N3O3. The minimum atomic E-state index is -0.637. The van der Waals surface area contributed by atoms with Crippen molar-refractivity contribution in [2.24, 2.45) is 12.5 Å². The van der Waals surface area contributed by atoms with Gasteiger partial charge in [0.25, 0.3) is 0 Å². The molecule has 1 N–H and O–H groups in total. The second kappa shape index (κ2) is 5.86. The number of imidazole rings is 1. The van der Waals surface area contributed by atoms with Gasteiger partial charge in [-0.05, 0) is 0 Å². The van der Waals surface area contributed by atoms with Gasteiger partial charge in [-0.2, -0.15) is 0 Å². The largest absolute Gasteiger partial charge is 0.453 e. The average molecular weight is 267 g/mol. The summed E-state index contributed by atoms with van der Waals surface area (Å²) >= 11 is 0. The minimum Gasteiger partial charge on any atom is -0.453 e. The highest BCUT2D eigenvalue weighted by Crippen LogP contribution is 2.18. The number of methoxy groups -OCH3 is 1.